The highest BCUT2D eigenvalue weighted by atomic mass is 19.2. The molecule has 4 aromatic rings. The minimum absolute atomic E-state index is 0.0733. The Morgan fingerprint density at radius 3 is 1.90 bits per heavy atom. The third kappa shape index (κ3) is 3.44. The summed E-state index contributed by atoms with van der Waals surface area (Å²) in [7, 11) is 0. The summed E-state index contributed by atoms with van der Waals surface area (Å²) in [5.41, 5.74) is -0.135. The molecular formula is C24H16F4O. The number of hydrogen-bond donors (Lipinski definition) is 0. The molecule has 0 aliphatic carbocycles. The van der Waals surface area contributed by atoms with Crippen LogP contribution in [-0.4, -0.2) is 0 Å². The summed E-state index contributed by atoms with van der Waals surface area (Å²) in [6, 6.07) is 20.4. The van der Waals surface area contributed by atoms with E-state index < -0.39 is 40.5 Å². The van der Waals surface area contributed by atoms with Crippen LogP contribution in [0.5, 0.6) is 11.5 Å². The zero-order valence-corrected chi connectivity index (χ0v) is 15.4. The Labute approximate surface area is 165 Å². The SMILES string of the molecule is CC(c1ccccc1)c1c(F)c(F)c(Oc2ccc3ccccc3c2)c(F)c1F. The molecule has 0 spiro atoms. The zero-order valence-electron chi connectivity index (χ0n) is 15.4. The molecule has 0 amide bonds. The molecule has 29 heavy (non-hydrogen) atoms. The highest BCUT2D eigenvalue weighted by molar-refractivity contribution is 5.83. The molecule has 1 nitrogen and oxygen atoms in total. The minimum atomic E-state index is -1.56. The highest BCUT2D eigenvalue weighted by Crippen LogP contribution is 2.38. The summed E-state index contributed by atoms with van der Waals surface area (Å²) in [5, 5.41) is 1.66. The molecule has 1 unspecified atom stereocenters. The largest absolute Gasteiger partial charge is 0.451 e. The molecule has 0 radical (unpaired) electrons. The van der Waals surface area contributed by atoms with Crippen molar-refractivity contribution in [3.8, 4) is 11.5 Å². The van der Waals surface area contributed by atoms with Crippen LogP contribution >= 0.6 is 0 Å². The summed E-state index contributed by atoms with van der Waals surface area (Å²) in [5.74, 6) is -7.95. The Morgan fingerprint density at radius 2 is 1.24 bits per heavy atom. The van der Waals surface area contributed by atoms with E-state index in [0.29, 0.717) is 5.56 Å². The number of fused-ring (bicyclic) bond motifs is 1. The van der Waals surface area contributed by atoms with Gasteiger partial charge in [0.25, 0.3) is 0 Å². The Hall–Kier alpha value is -3.34. The van der Waals surface area contributed by atoms with Crippen molar-refractivity contribution in [2.45, 2.75) is 12.8 Å². The van der Waals surface area contributed by atoms with E-state index in [4.69, 9.17) is 4.74 Å². The Bertz CT molecular complexity index is 1160. The lowest BCUT2D eigenvalue weighted by atomic mass is 9.92. The second-order valence-electron chi connectivity index (χ2n) is 6.74. The monoisotopic (exact) mass is 396 g/mol. The summed E-state index contributed by atoms with van der Waals surface area (Å²) in [6.45, 7) is 1.49. The molecule has 5 heteroatoms. The van der Waals surface area contributed by atoms with Gasteiger partial charge in [-0.15, -0.1) is 0 Å². The molecule has 0 saturated carbocycles. The van der Waals surface area contributed by atoms with Crippen molar-refractivity contribution in [3.05, 3.63) is 107 Å². The molecule has 0 aromatic heterocycles. The van der Waals surface area contributed by atoms with E-state index in [-0.39, 0.29) is 5.75 Å². The molecule has 0 fully saturated rings. The summed E-state index contributed by atoms with van der Waals surface area (Å²) < 4.78 is 64.0. The molecule has 1 atom stereocenters. The fraction of sp³-hybridized carbons (Fsp3) is 0.0833. The van der Waals surface area contributed by atoms with Crippen molar-refractivity contribution in [1.82, 2.24) is 0 Å². The van der Waals surface area contributed by atoms with Gasteiger partial charge in [-0.05, 0) is 28.5 Å². The van der Waals surface area contributed by atoms with Gasteiger partial charge in [0, 0.05) is 11.5 Å². The number of halogens is 4. The first-order valence-corrected chi connectivity index (χ1v) is 9.04. The third-order valence-corrected chi connectivity index (χ3v) is 4.93. The topological polar surface area (TPSA) is 9.23 Å². The first-order chi connectivity index (χ1) is 14.0. The van der Waals surface area contributed by atoms with Crippen LogP contribution in [0.15, 0.2) is 72.8 Å². The van der Waals surface area contributed by atoms with Gasteiger partial charge in [0.15, 0.2) is 11.6 Å². The van der Waals surface area contributed by atoms with Crippen molar-refractivity contribution in [2.75, 3.05) is 0 Å². The van der Waals surface area contributed by atoms with Crippen LogP contribution < -0.4 is 4.74 Å². The second kappa shape index (κ2) is 7.59. The first-order valence-electron chi connectivity index (χ1n) is 9.04. The summed E-state index contributed by atoms with van der Waals surface area (Å²) >= 11 is 0. The zero-order chi connectivity index (χ0) is 20.5. The van der Waals surface area contributed by atoms with Crippen LogP contribution in [0.4, 0.5) is 17.6 Å². The smallest absolute Gasteiger partial charge is 0.204 e. The van der Waals surface area contributed by atoms with Crippen LogP contribution in [0.1, 0.15) is 24.0 Å². The van der Waals surface area contributed by atoms with Crippen LogP contribution in [0, 0.1) is 23.3 Å². The molecule has 4 rings (SSSR count). The van der Waals surface area contributed by atoms with Crippen LogP contribution in [0.2, 0.25) is 0 Å². The van der Waals surface area contributed by atoms with Gasteiger partial charge in [0.1, 0.15) is 5.75 Å². The average Bonchev–Trinajstić information content (AvgIpc) is 2.76. The summed E-state index contributed by atoms with van der Waals surface area (Å²) in [6.07, 6.45) is 0. The lowest BCUT2D eigenvalue weighted by molar-refractivity contribution is 0.359. The molecule has 0 saturated heterocycles. The van der Waals surface area contributed by atoms with Crippen LogP contribution in [0.25, 0.3) is 10.8 Å². The van der Waals surface area contributed by atoms with E-state index in [1.54, 1.807) is 54.6 Å². The summed E-state index contributed by atoms with van der Waals surface area (Å²) in [4.78, 5) is 0. The van der Waals surface area contributed by atoms with Crippen LogP contribution in [0.3, 0.4) is 0 Å². The second-order valence-corrected chi connectivity index (χ2v) is 6.74. The van der Waals surface area contributed by atoms with Crippen LogP contribution in [-0.2, 0) is 0 Å². The standard InChI is InChI=1S/C24H16F4O/c1-14(15-7-3-2-4-8-15)19-20(25)22(27)24(23(28)21(19)26)29-18-12-11-16-9-5-6-10-17(16)13-18/h2-14H,1H3. The van der Waals surface area contributed by atoms with Gasteiger partial charge in [0.2, 0.25) is 17.4 Å². The molecule has 0 N–H and O–H groups in total. The quantitative estimate of drug-likeness (QED) is 0.259. The minimum Gasteiger partial charge on any atom is -0.451 e. The molecule has 146 valence electrons. The molecule has 0 heterocycles. The normalized spacial score (nSPS) is 12.2. The van der Waals surface area contributed by atoms with E-state index in [1.165, 1.54) is 13.0 Å². The maximum atomic E-state index is 14.7. The Balaban J connectivity index is 1.77. The highest BCUT2D eigenvalue weighted by Gasteiger charge is 2.30. The third-order valence-electron chi connectivity index (χ3n) is 4.93. The average molecular weight is 396 g/mol. The van der Waals surface area contributed by atoms with Gasteiger partial charge >= 0.3 is 0 Å². The molecule has 0 aliphatic heterocycles. The van der Waals surface area contributed by atoms with Crippen molar-refractivity contribution in [1.29, 1.82) is 0 Å². The fourth-order valence-corrected chi connectivity index (χ4v) is 3.36. The fourth-order valence-electron chi connectivity index (χ4n) is 3.36. The van der Waals surface area contributed by atoms with E-state index in [2.05, 4.69) is 0 Å². The van der Waals surface area contributed by atoms with Gasteiger partial charge in [-0.1, -0.05) is 67.6 Å². The van der Waals surface area contributed by atoms with E-state index in [0.717, 1.165) is 10.8 Å². The lowest BCUT2D eigenvalue weighted by Crippen LogP contribution is -2.10. The van der Waals surface area contributed by atoms with E-state index in [9.17, 15) is 17.6 Å². The maximum Gasteiger partial charge on any atom is 0.204 e. The van der Waals surface area contributed by atoms with Gasteiger partial charge < -0.3 is 4.74 Å². The maximum absolute atomic E-state index is 14.7. The predicted molar refractivity (Wildman–Crippen MR) is 104 cm³/mol. The van der Waals surface area contributed by atoms with Crippen molar-refractivity contribution < 1.29 is 22.3 Å². The molecule has 0 bridgehead atoms. The van der Waals surface area contributed by atoms with Gasteiger partial charge in [0.05, 0.1) is 0 Å². The molecular weight excluding hydrogens is 380 g/mol. The molecule has 0 aliphatic rings. The number of rotatable bonds is 4. The van der Waals surface area contributed by atoms with Crippen molar-refractivity contribution in [2.24, 2.45) is 0 Å². The van der Waals surface area contributed by atoms with Crippen molar-refractivity contribution >= 4 is 10.8 Å². The molecule has 4 aromatic carbocycles. The van der Waals surface area contributed by atoms with Crippen molar-refractivity contribution in [3.63, 3.8) is 0 Å². The van der Waals surface area contributed by atoms with Gasteiger partial charge in [-0.25, -0.2) is 8.78 Å². The first kappa shape index (κ1) is 19.0. The number of ether oxygens (including phenoxy) is 1. The van der Waals surface area contributed by atoms with E-state index >= 15 is 0 Å². The lowest BCUT2D eigenvalue weighted by Gasteiger charge is -2.18. The predicted octanol–water partition coefficient (Wildman–Crippen LogP) is 7.34. The van der Waals surface area contributed by atoms with E-state index in [1.807, 2.05) is 12.1 Å². The Kier molecular flexibility index (Phi) is 4.97. The van der Waals surface area contributed by atoms with Gasteiger partial charge in [-0.2, -0.15) is 8.78 Å². The Morgan fingerprint density at radius 1 is 0.655 bits per heavy atom. The van der Waals surface area contributed by atoms with Gasteiger partial charge in [-0.3, -0.25) is 0 Å². The number of hydrogen-bond acceptors (Lipinski definition) is 1. The number of benzene rings is 4.